The normalized spacial score (nSPS) is 8.73. The van der Waals surface area contributed by atoms with Crippen LogP contribution in [-0.2, 0) is 13.6 Å². The highest BCUT2D eigenvalue weighted by Gasteiger charge is 2.04. The number of hydrogen-bond acceptors (Lipinski definition) is 2. The molecule has 0 aliphatic heterocycles. The molecule has 0 aliphatic rings. The predicted molar refractivity (Wildman–Crippen MR) is 60.9 cm³/mol. The van der Waals surface area contributed by atoms with Crippen LogP contribution in [0.3, 0.4) is 0 Å². The molecule has 82 valence electrons. The molecule has 0 aromatic carbocycles. The van der Waals surface area contributed by atoms with E-state index in [9.17, 15) is 9.59 Å². The number of rotatable bonds is 1. The van der Waals surface area contributed by atoms with Crippen molar-refractivity contribution < 1.29 is 0 Å². The topological polar surface area (TPSA) is 44.0 Å². The van der Waals surface area contributed by atoms with Gasteiger partial charge in [0.25, 0.3) is 5.56 Å². The minimum Gasteiger partial charge on any atom is -0.303 e. The SMILES string of the molecule is C#CCn1c(=O)c(C)cn(C)c1=O.CC. The van der Waals surface area contributed by atoms with Gasteiger partial charge in [-0.2, -0.15) is 0 Å². The van der Waals surface area contributed by atoms with Crippen LogP contribution in [0.25, 0.3) is 0 Å². The molecule has 1 heterocycles. The molecule has 0 saturated carbocycles. The molecule has 0 radical (unpaired) electrons. The first-order valence-corrected chi connectivity index (χ1v) is 4.78. The Kier molecular flexibility index (Phi) is 5.18. The van der Waals surface area contributed by atoms with Gasteiger partial charge in [0, 0.05) is 18.8 Å². The molecule has 1 rings (SSSR count). The van der Waals surface area contributed by atoms with E-state index in [2.05, 4.69) is 5.92 Å². The molecule has 0 unspecified atom stereocenters. The van der Waals surface area contributed by atoms with Crippen molar-refractivity contribution >= 4 is 0 Å². The summed E-state index contributed by atoms with van der Waals surface area (Å²) in [7, 11) is 1.59. The van der Waals surface area contributed by atoms with Crippen LogP contribution in [0.2, 0.25) is 0 Å². The van der Waals surface area contributed by atoms with Crippen molar-refractivity contribution in [1.29, 1.82) is 0 Å². The Balaban J connectivity index is 0.000000921. The fourth-order valence-electron chi connectivity index (χ4n) is 1.12. The number of hydrogen-bond donors (Lipinski definition) is 0. The van der Waals surface area contributed by atoms with E-state index in [-0.39, 0.29) is 17.8 Å². The molecule has 15 heavy (non-hydrogen) atoms. The Morgan fingerprint density at radius 1 is 1.40 bits per heavy atom. The van der Waals surface area contributed by atoms with E-state index in [1.54, 1.807) is 14.0 Å². The zero-order chi connectivity index (χ0) is 12.0. The van der Waals surface area contributed by atoms with Gasteiger partial charge in [0.1, 0.15) is 0 Å². The van der Waals surface area contributed by atoms with Crippen molar-refractivity contribution in [2.75, 3.05) is 0 Å². The van der Waals surface area contributed by atoms with Crippen molar-refractivity contribution in [3.8, 4) is 12.3 Å². The van der Waals surface area contributed by atoms with E-state index in [1.807, 2.05) is 13.8 Å². The summed E-state index contributed by atoms with van der Waals surface area (Å²) in [5.41, 5.74) is -0.188. The minimum atomic E-state index is -0.381. The second-order valence-electron chi connectivity index (χ2n) is 2.80. The van der Waals surface area contributed by atoms with E-state index in [1.165, 1.54) is 10.8 Å². The quantitative estimate of drug-likeness (QED) is 0.631. The molecule has 0 amide bonds. The van der Waals surface area contributed by atoms with Gasteiger partial charge in [-0.25, -0.2) is 9.36 Å². The van der Waals surface area contributed by atoms with Crippen LogP contribution in [-0.4, -0.2) is 9.13 Å². The second kappa shape index (κ2) is 5.86. The third-order valence-electron chi connectivity index (χ3n) is 1.75. The molecule has 0 fully saturated rings. The monoisotopic (exact) mass is 208 g/mol. The molecular weight excluding hydrogens is 192 g/mol. The van der Waals surface area contributed by atoms with E-state index < -0.39 is 0 Å². The fraction of sp³-hybridized carbons (Fsp3) is 0.455. The van der Waals surface area contributed by atoms with Gasteiger partial charge in [-0.05, 0) is 6.92 Å². The fourth-order valence-corrected chi connectivity index (χ4v) is 1.12. The maximum absolute atomic E-state index is 11.4. The molecule has 4 heteroatoms. The van der Waals surface area contributed by atoms with Crippen LogP contribution < -0.4 is 11.2 Å². The average molecular weight is 208 g/mol. The van der Waals surface area contributed by atoms with Crippen molar-refractivity contribution in [3.05, 3.63) is 32.6 Å². The van der Waals surface area contributed by atoms with Crippen LogP contribution in [0.4, 0.5) is 0 Å². The highest BCUT2D eigenvalue weighted by Crippen LogP contribution is 1.82. The molecule has 0 bridgehead atoms. The van der Waals surface area contributed by atoms with Crippen molar-refractivity contribution in [2.24, 2.45) is 7.05 Å². The van der Waals surface area contributed by atoms with Gasteiger partial charge in [0.05, 0.1) is 6.54 Å². The van der Waals surface area contributed by atoms with Crippen molar-refractivity contribution in [3.63, 3.8) is 0 Å². The molecule has 0 aliphatic carbocycles. The summed E-state index contributed by atoms with van der Waals surface area (Å²) in [6.07, 6.45) is 6.54. The molecule has 1 aromatic rings. The summed E-state index contributed by atoms with van der Waals surface area (Å²) in [6, 6.07) is 0. The van der Waals surface area contributed by atoms with Crippen LogP contribution in [0.5, 0.6) is 0 Å². The smallest absolute Gasteiger partial charge is 0.303 e. The zero-order valence-electron chi connectivity index (χ0n) is 9.57. The number of terminal acetylenes is 1. The average Bonchev–Trinajstić information content (AvgIpc) is 2.24. The Morgan fingerprint density at radius 2 is 1.93 bits per heavy atom. The standard InChI is InChI=1S/C9H10N2O2.C2H6/c1-4-5-11-8(12)7(2)6-10(3)9(11)13;1-2/h1,6H,5H2,2-3H3;1-2H3. The molecule has 4 nitrogen and oxygen atoms in total. The maximum Gasteiger partial charge on any atom is 0.331 e. The van der Waals surface area contributed by atoms with Crippen LogP contribution >= 0.6 is 0 Å². The van der Waals surface area contributed by atoms with E-state index >= 15 is 0 Å². The molecule has 0 spiro atoms. The Hall–Kier alpha value is -1.76. The molecule has 0 saturated heterocycles. The molecule has 1 aromatic heterocycles. The maximum atomic E-state index is 11.4. The first-order chi connectivity index (χ1) is 7.07. The van der Waals surface area contributed by atoms with Gasteiger partial charge in [0.2, 0.25) is 0 Å². The molecule has 0 N–H and O–H groups in total. The lowest BCUT2D eigenvalue weighted by atomic mass is 10.4. The lowest BCUT2D eigenvalue weighted by Gasteiger charge is -2.04. The Bertz CT molecular complexity index is 441. The lowest BCUT2D eigenvalue weighted by Crippen LogP contribution is -2.39. The van der Waals surface area contributed by atoms with Gasteiger partial charge >= 0.3 is 5.69 Å². The van der Waals surface area contributed by atoms with Gasteiger partial charge in [-0.1, -0.05) is 19.8 Å². The molecule has 0 atom stereocenters. The third-order valence-corrected chi connectivity index (χ3v) is 1.75. The first-order valence-electron chi connectivity index (χ1n) is 4.78. The number of nitrogens with zero attached hydrogens (tertiary/aromatic N) is 2. The van der Waals surface area contributed by atoms with E-state index in [0.29, 0.717) is 5.56 Å². The first kappa shape index (κ1) is 13.2. The van der Waals surface area contributed by atoms with Gasteiger partial charge < -0.3 is 4.57 Å². The summed E-state index contributed by atoms with van der Waals surface area (Å²) in [4.78, 5) is 22.7. The molecular formula is C11H16N2O2. The van der Waals surface area contributed by atoms with Crippen LogP contribution in [0.1, 0.15) is 19.4 Å². The number of aryl methyl sites for hydroxylation is 2. The third kappa shape index (κ3) is 2.84. The zero-order valence-corrected chi connectivity index (χ0v) is 9.57. The highest BCUT2D eigenvalue weighted by atomic mass is 16.2. The van der Waals surface area contributed by atoms with Gasteiger partial charge in [-0.15, -0.1) is 6.42 Å². The highest BCUT2D eigenvalue weighted by molar-refractivity contribution is 5.03. The predicted octanol–water partition coefficient (Wildman–Crippen LogP) is 0.515. The summed E-state index contributed by atoms with van der Waals surface area (Å²) in [5, 5.41) is 0. The van der Waals surface area contributed by atoms with Crippen LogP contribution in [0.15, 0.2) is 15.8 Å². The summed E-state index contributed by atoms with van der Waals surface area (Å²) < 4.78 is 2.38. The minimum absolute atomic E-state index is 0.0210. The van der Waals surface area contributed by atoms with Crippen molar-refractivity contribution in [1.82, 2.24) is 9.13 Å². The van der Waals surface area contributed by atoms with Crippen molar-refractivity contribution in [2.45, 2.75) is 27.3 Å². The van der Waals surface area contributed by atoms with E-state index in [4.69, 9.17) is 6.42 Å². The van der Waals surface area contributed by atoms with Gasteiger partial charge in [-0.3, -0.25) is 4.79 Å². The Morgan fingerprint density at radius 3 is 2.40 bits per heavy atom. The lowest BCUT2D eigenvalue weighted by molar-refractivity contribution is 0.649. The van der Waals surface area contributed by atoms with Crippen LogP contribution in [0, 0.1) is 19.3 Å². The largest absolute Gasteiger partial charge is 0.331 e. The van der Waals surface area contributed by atoms with E-state index in [0.717, 1.165) is 4.57 Å². The summed E-state index contributed by atoms with van der Waals surface area (Å²) >= 11 is 0. The Labute approximate surface area is 89.2 Å². The summed E-state index contributed by atoms with van der Waals surface area (Å²) in [5.74, 6) is 2.27. The second-order valence-corrected chi connectivity index (χ2v) is 2.80. The number of aromatic nitrogens is 2. The van der Waals surface area contributed by atoms with Gasteiger partial charge in [0.15, 0.2) is 0 Å². The summed E-state index contributed by atoms with van der Waals surface area (Å²) in [6.45, 7) is 5.67.